The van der Waals surface area contributed by atoms with E-state index in [-0.39, 0.29) is 12.5 Å². The number of carboxylic acid groups (broad SMARTS) is 1. The Morgan fingerprint density at radius 2 is 2.15 bits per heavy atom. The summed E-state index contributed by atoms with van der Waals surface area (Å²) in [6.07, 6.45) is 4.62. The predicted molar refractivity (Wildman–Crippen MR) is 76.9 cm³/mol. The maximum Gasteiger partial charge on any atom is 0.305 e. The van der Waals surface area contributed by atoms with Gasteiger partial charge in [-0.1, -0.05) is 25.1 Å². The first-order valence-electron chi connectivity index (χ1n) is 6.76. The average molecular weight is 273 g/mol. The highest BCUT2D eigenvalue weighted by Gasteiger charge is 2.16. The molecule has 1 unspecified atom stereocenters. The summed E-state index contributed by atoms with van der Waals surface area (Å²) in [6, 6.07) is 9.56. The molecule has 0 bridgehead atoms. The number of nitrogens with zero attached hydrogens (tertiary/aromatic N) is 2. The normalized spacial score (nSPS) is 12.2. The topological polar surface area (TPSA) is 67.2 Å². The zero-order valence-corrected chi connectivity index (χ0v) is 11.5. The van der Waals surface area contributed by atoms with Crippen LogP contribution in [0.15, 0.2) is 42.7 Å². The van der Waals surface area contributed by atoms with Gasteiger partial charge in [-0.3, -0.25) is 4.79 Å². The number of aromatic nitrogens is 2. The van der Waals surface area contributed by atoms with Crippen molar-refractivity contribution in [1.82, 2.24) is 15.1 Å². The molecule has 1 heterocycles. The number of nitrogens with one attached hydrogen (secondary N) is 1. The van der Waals surface area contributed by atoms with E-state index in [1.54, 1.807) is 10.9 Å². The molecule has 5 heteroatoms. The number of aliphatic carboxylic acids is 1. The minimum Gasteiger partial charge on any atom is -0.481 e. The highest BCUT2D eigenvalue weighted by molar-refractivity contribution is 5.67. The number of para-hydroxylation sites is 1. The Balaban J connectivity index is 2.17. The van der Waals surface area contributed by atoms with Crippen molar-refractivity contribution in [1.29, 1.82) is 0 Å². The predicted octanol–water partition coefficient (Wildman–Crippen LogP) is 2.39. The highest BCUT2D eigenvalue weighted by atomic mass is 16.4. The summed E-state index contributed by atoms with van der Waals surface area (Å²) < 4.78 is 1.76. The van der Waals surface area contributed by atoms with Crippen LogP contribution >= 0.6 is 0 Å². The lowest BCUT2D eigenvalue weighted by Crippen LogP contribution is -2.24. The molecule has 2 rings (SSSR count). The lowest BCUT2D eigenvalue weighted by molar-refractivity contribution is -0.137. The molecule has 1 atom stereocenters. The highest BCUT2D eigenvalue weighted by Crippen LogP contribution is 2.18. The zero-order chi connectivity index (χ0) is 14.4. The minimum absolute atomic E-state index is 0.0560. The molecule has 0 saturated heterocycles. The van der Waals surface area contributed by atoms with Crippen LogP contribution in [0.5, 0.6) is 0 Å². The van der Waals surface area contributed by atoms with Crippen molar-refractivity contribution < 1.29 is 9.90 Å². The first-order chi connectivity index (χ1) is 9.70. The first kappa shape index (κ1) is 14.3. The van der Waals surface area contributed by atoms with E-state index in [4.69, 9.17) is 5.11 Å². The fourth-order valence-corrected chi connectivity index (χ4v) is 2.04. The van der Waals surface area contributed by atoms with Gasteiger partial charge in [0.1, 0.15) is 0 Å². The average Bonchev–Trinajstić information content (AvgIpc) is 2.94. The van der Waals surface area contributed by atoms with Crippen LogP contribution in [0.25, 0.3) is 5.69 Å². The Kier molecular flexibility index (Phi) is 4.90. The van der Waals surface area contributed by atoms with E-state index >= 15 is 0 Å². The van der Waals surface area contributed by atoms with Crippen LogP contribution in [0.2, 0.25) is 0 Å². The number of hydrogen-bond acceptors (Lipinski definition) is 3. The molecule has 20 heavy (non-hydrogen) atoms. The third-order valence-corrected chi connectivity index (χ3v) is 3.05. The molecule has 0 radical (unpaired) electrons. The smallest absolute Gasteiger partial charge is 0.305 e. The van der Waals surface area contributed by atoms with Gasteiger partial charge in [0.15, 0.2) is 0 Å². The summed E-state index contributed by atoms with van der Waals surface area (Å²) in [5.74, 6) is -0.814. The Labute approximate surface area is 118 Å². The standard InChI is InChI=1S/C15H19N3O2/c1-2-8-16-14(9-15(19)20)12-10-17-18(11-12)13-6-4-3-5-7-13/h3-7,10-11,14,16H,2,8-9H2,1H3,(H,19,20). The van der Waals surface area contributed by atoms with Gasteiger partial charge in [0.2, 0.25) is 0 Å². The molecule has 1 aromatic carbocycles. The summed E-state index contributed by atoms with van der Waals surface area (Å²) in [6.45, 7) is 2.84. The summed E-state index contributed by atoms with van der Waals surface area (Å²) in [5.41, 5.74) is 1.85. The molecular weight excluding hydrogens is 254 g/mol. The molecule has 5 nitrogen and oxygen atoms in total. The molecule has 106 valence electrons. The maximum absolute atomic E-state index is 11.0. The van der Waals surface area contributed by atoms with Crippen LogP contribution in [0.1, 0.15) is 31.4 Å². The zero-order valence-electron chi connectivity index (χ0n) is 11.5. The molecule has 2 aromatic rings. The van der Waals surface area contributed by atoms with Gasteiger partial charge in [-0.15, -0.1) is 0 Å². The van der Waals surface area contributed by atoms with Gasteiger partial charge in [-0.05, 0) is 25.1 Å². The largest absolute Gasteiger partial charge is 0.481 e. The summed E-state index contributed by atoms with van der Waals surface area (Å²) >= 11 is 0. The van der Waals surface area contributed by atoms with E-state index in [0.29, 0.717) is 0 Å². The molecule has 0 amide bonds. The minimum atomic E-state index is -0.814. The molecule has 2 N–H and O–H groups in total. The van der Waals surface area contributed by atoms with Crippen molar-refractivity contribution in [2.45, 2.75) is 25.8 Å². The van der Waals surface area contributed by atoms with Gasteiger partial charge in [-0.2, -0.15) is 5.10 Å². The lowest BCUT2D eigenvalue weighted by atomic mass is 10.1. The fraction of sp³-hybridized carbons (Fsp3) is 0.333. The van der Waals surface area contributed by atoms with E-state index in [2.05, 4.69) is 17.3 Å². The fourth-order valence-electron chi connectivity index (χ4n) is 2.04. The molecule has 0 saturated carbocycles. The van der Waals surface area contributed by atoms with E-state index in [9.17, 15) is 4.79 Å². The van der Waals surface area contributed by atoms with Gasteiger partial charge in [-0.25, -0.2) is 4.68 Å². The van der Waals surface area contributed by atoms with Gasteiger partial charge in [0.25, 0.3) is 0 Å². The molecule has 0 fully saturated rings. The van der Waals surface area contributed by atoms with Gasteiger partial charge < -0.3 is 10.4 Å². The van der Waals surface area contributed by atoms with E-state index in [0.717, 1.165) is 24.2 Å². The number of benzene rings is 1. The number of carboxylic acids is 1. The Hall–Kier alpha value is -2.14. The van der Waals surface area contributed by atoms with E-state index in [1.165, 1.54) is 0 Å². The third-order valence-electron chi connectivity index (χ3n) is 3.05. The van der Waals surface area contributed by atoms with Crippen LogP contribution in [-0.4, -0.2) is 27.4 Å². The van der Waals surface area contributed by atoms with Crippen molar-refractivity contribution in [3.8, 4) is 5.69 Å². The molecule has 0 aliphatic carbocycles. The van der Waals surface area contributed by atoms with Crippen molar-refractivity contribution >= 4 is 5.97 Å². The lowest BCUT2D eigenvalue weighted by Gasteiger charge is -2.14. The van der Waals surface area contributed by atoms with Gasteiger partial charge in [0.05, 0.1) is 18.3 Å². The monoisotopic (exact) mass is 273 g/mol. The molecule has 0 aliphatic heterocycles. The van der Waals surface area contributed by atoms with Gasteiger partial charge >= 0.3 is 5.97 Å². The number of hydrogen-bond donors (Lipinski definition) is 2. The molecular formula is C15H19N3O2. The molecule has 0 spiro atoms. The van der Waals surface area contributed by atoms with Crippen molar-refractivity contribution in [2.75, 3.05) is 6.54 Å². The number of rotatable bonds is 7. The Morgan fingerprint density at radius 3 is 2.80 bits per heavy atom. The van der Waals surface area contributed by atoms with E-state index < -0.39 is 5.97 Å². The van der Waals surface area contributed by atoms with Crippen LogP contribution in [-0.2, 0) is 4.79 Å². The summed E-state index contributed by atoms with van der Waals surface area (Å²) in [5, 5.41) is 16.6. The van der Waals surface area contributed by atoms with Crippen LogP contribution in [0, 0.1) is 0 Å². The third kappa shape index (κ3) is 3.68. The SMILES string of the molecule is CCCNC(CC(=O)O)c1cnn(-c2ccccc2)c1. The second-order valence-corrected chi connectivity index (χ2v) is 4.66. The second-order valence-electron chi connectivity index (χ2n) is 4.66. The first-order valence-corrected chi connectivity index (χ1v) is 6.76. The van der Waals surface area contributed by atoms with Crippen molar-refractivity contribution in [2.24, 2.45) is 0 Å². The quantitative estimate of drug-likeness (QED) is 0.813. The van der Waals surface area contributed by atoms with Gasteiger partial charge in [0, 0.05) is 17.8 Å². The van der Waals surface area contributed by atoms with Crippen LogP contribution < -0.4 is 5.32 Å². The van der Waals surface area contributed by atoms with Crippen LogP contribution in [0.3, 0.4) is 0 Å². The van der Waals surface area contributed by atoms with Crippen molar-refractivity contribution in [3.05, 3.63) is 48.3 Å². The second kappa shape index (κ2) is 6.86. The van der Waals surface area contributed by atoms with Crippen LogP contribution in [0.4, 0.5) is 0 Å². The summed E-state index contributed by atoms with van der Waals surface area (Å²) in [7, 11) is 0. The van der Waals surface area contributed by atoms with Crippen molar-refractivity contribution in [3.63, 3.8) is 0 Å². The summed E-state index contributed by atoms with van der Waals surface area (Å²) in [4.78, 5) is 11.0. The molecule has 1 aromatic heterocycles. The number of carbonyl (C=O) groups is 1. The Bertz CT molecular complexity index is 551. The Morgan fingerprint density at radius 1 is 1.40 bits per heavy atom. The maximum atomic E-state index is 11.0. The van der Waals surface area contributed by atoms with E-state index in [1.807, 2.05) is 36.5 Å². The molecule has 0 aliphatic rings.